The number of nitrogens with two attached hydrogens (primary N) is 1. The van der Waals surface area contributed by atoms with Crippen LogP contribution in [0, 0.1) is 0 Å². The van der Waals surface area contributed by atoms with Gasteiger partial charge in [0, 0.05) is 17.4 Å². The lowest BCUT2D eigenvalue weighted by atomic mass is 10.1. The zero-order valence-electron chi connectivity index (χ0n) is 10.4. The van der Waals surface area contributed by atoms with E-state index in [0.717, 1.165) is 18.5 Å². The molecule has 0 aromatic heterocycles. The van der Waals surface area contributed by atoms with Gasteiger partial charge in [0.1, 0.15) is 0 Å². The molecule has 0 spiro atoms. The van der Waals surface area contributed by atoms with Crippen molar-refractivity contribution in [1.82, 2.24) is 0 Å². The highest BCUT2D eigenvalue weighted by molar-refractivity contribution is 7.99. The van der Waals surface area contributed by atoms with E-state index in [2.05, 4.69) is 5.32 Å². The number of esters is 1. The van der Waals surface area contributed by atoms with Crippen LogP contribution in [0.5, 0.6) is 0 Å². The summed E-state index contributed by atoms with van der Waals surface area (Å²) in [7, 11) is 1.36. The first kappa shape index (κ1) is 13.1. The molecule has 98 valence electrons. The second kappa shape index (κ2) is 6.00. The molecule has 1 aromatic rings. The summed E-state index contributed by atoms with van der Waals surface area (Å²) in [5.41, 5.74) is 7.57. The maximum atomic E-state index is 11.5. The van der Waals surface area contributed by atoms with Crippen LogP contribution < -0.4 is 11.1 Å². The van der Waals surface area contributed by atoms with Gasteiger partial charge in [0.15, 0.2) is 0 Å². The van der Waals surface area contributed by atoms with Crippen LogP contribution in [-0.4, -0.2) is 30.6 Å². The van der Waals surface area contributed by atoms with Gasteiger partial charge in [0.05, 0.1) is 12.7 Å². The molecule has 4 nitrogen and oxygen atoms in total. The predicted molar refractivity (Wildman–Crippen MR) is 76.2 cm³/mol. The maximum Gasteiger partial charge on any atom is 0.340 e. The largest absolute Gasteiger partial charge is 0.465 e. The molecule has 0 aliphatic carbocycles. The number of hydrogen-bond acceptors (Lipinski definition) is 5. The van der Waals surface area contributed by atoms with E-state index in [0.29, 0.717) is 17.3 Å². The quantitative estimate of drug-likeness (QED) is 0.649. The van der Waals surface area contributed by atoms with Crippen LogP contribution in [0.25, 0.3) is 0 Å². The van der Waals surface area contributed by atoms with E-state index in [1.54, 1.807) is 12.1 Å². The van der Waals surface area contributed by atoms with Crippen molar-refractivity contribution in [3.8, 4) is 0 Å². The highest BCUT2D eigenvalue weighted by Crippen LogP contribution is 2.23. The Morgan fingerprint density at radius 1 is 1.44 bits per heavy atom. The lowest BCUT2D eigenvalue weighted by Crippen LogP contribution is -2.24. The van der Waals surface area contributed by atoms with Crippen LogP contribution in [-0.2, 0) is 4.74 Å². The molecule has 1 aromatic carbocycles. The van der Waals surface area contributed by atoms with Crippen molar-refractivity contribution in [2.24, 2.45) is 0 Å². The minimum atomic E-state index is -0.393. The Balaban J connectivity index is 2.11. The first-order valence-corrected chi connectivity index (χ1v) is 7.18. The van der Waals surface area contributed by atoms with Gasteiger partial charge in [-0.3, -0.25) is 0 Å². The fourth-order valence-electron chi connectivity index (χ4n) is 2.01. The molecule has 1 aliphatic heterocycles. The number of methoxy groups -OCH3 is 1. The number of rotatable bonds is 3. The minimum absolute atomic E-state index is 0.393. The number of carbonyl (C=O) groups is 1. The van der Waals surface area contributed by atoms with Crippen LogP contribution in [0.2, 0.25) is 0 Å². The summed E-state index contributed by atoms with van der Waals surface area (Å²) < 4.78 is 4.71. The van der Waals surface area contributed by atoms with Crippen molar-refractivity contribution in [2.75, 3.05) is 29.7 Å². The standard InChI is InChI=1S/C13H18N2O2S/c1-17-13(16)11-8-10(2-3-12(11)14)15-9-4-6-18-7-5-9/h2-3,8-9,15H,4-7,14H2,1H3. The highest BCUT2D eigenvalue weighted by Gasteiger charge is 2.15. The summed E-state index contributed by atoms with van der Waals surface area (Å²) in [5, 5.41) is 3.45. The number of nitrogens with one attached hydrogen (secondary N) is 1. The van der Waals surface area contributed by atoms with E-state index < -0.39 is 5.97 Å². The van der Waals surface area contributed by atoms with E-state index in [4.69, 9.17) is 10.5 Å². The topological polar surface area (TPSA) is 64.3 Å². The van der Waals surface area contributed by atoms with Gasteiger partial charge >= 0.3 is 5.97 Å². The van der Waals surface area contributed by atoms with E-state index in [9.17, 15) is 4.79 Å². The summed E-state index contributed by atoms with van der Waals surface area (Å²) in [5.74, 6) is 1.99. The summed E-state index contributed by atoms with van der Waals surface area (Å²) in [4.78, 5) is 11.5. The average molecular weight is 266 g/mol. The van der Waals surface area contributed by atoms with Gasteiger partial charge in [0.25, 0.3) is 0 Å². The number of hydrogen-bond donors (Lipinski definition) is 2. The van der Waals surface area contributed by atoms with Gasteiger partial charge in [-0.1, -0.05) is 0 Å². The zero-order chi connectivity index (χ0) is 13.0. The Labute approximate surface area is 111 Å². The average Bonchev–Trinajstić information content (AvgIpc) is 2.41. The summed E-state index contributed by atoms with van der Waals surface area (Å²) in [6.07, 6.45) is 2.31. The van der Waals surface area contributed by atoms with Crippen molar-refractivity contribution in [1.29, 1.82) is 0 Å². The normalized spacial score (nSPS) is 16.3. The fourth-order valence-corrected chi connectivity index (χ4v) is 3.12. The summed E-state index contributed by atoms with van der Waals surface area (Å²) in [6.45, 7) is 0. The summed E-state index contributed by atoms with van der Waals surface area (Å²) in [6, 6.07) is 5.90. The van der Waals surface area contributed by atoms with Crippen LogP contribution in [0.4, 0.5) is 11.4 Å². The molecule has 2 rings (SSSR count). The van der Waals surface area contributed by atoms with Gasteiger partial charge in [-0.05, 0) is 42.5 Å². The molecule has 1 heterocycles. The molecule has 0 radical (unpaired) electrons. The van der Waals surface area contributed by atoms with Gasteiger partial charge < -0.3 is 15.8 Å². The number of thioether (sulfide) groups is 1. The highest BCUT2D eigenvalue weighted by atomic mass is 32.2. The number of carbonyl (C=O) groups excluding carboxylic acids is 1. The maximum absolute atomic E-state index is 11.5. The Morgan fingerprint density at radius 3 is 2.83 bits per heavy atom. The fraction of sp³-hybridized carbons (Fsp3) is 0.462. The second-order valence-electron chi connectivity index (χ2n) is 4.32. The lowest BCUT2D eigenvalue weighted by Gasteiger charge is -2.24. The third kappa shape index (κ3) is 3.10. The predicted octanol–water partition coefficient (Wildman–Crippen LogP) is 2.36. The van der Waals surface area contributed by atoms with Crippen LogP contribution in [0.1, 0.15) is 23.2 Å². The van der Waals surface area contributed by atoms with Gasteiger partial charge in [0.2, 0.25) is 0 Å². The van der Waals surface area contributed by atoms with E-state index in [1.807, 2.05) is 17.8 Å². The number of ether oxygens (including phenoxy) is 1. The monoisotopic (exact) mass is 266 g/mol. The van der Waals surface area contributed by atoms with Crippen molar-refractivity contribution < 1.29 is 9.53 Å². The van der Waals surface area contributed by atoms with Gasteiger partial charge in [-0.15, -0.1) is 0 Å². The number of benzene rings is 1. The van der Waals surface area contributed by atoms with Crippen molar-refractivity contribution in [3.05, 3.63) is 23.8 Å². The Hall–Kier alpha value is -1.36. The molecule has 0 amide bonds. The van der Waals surface area contributed by atoms with Gasteiger partial charge in [-0.25, -0.2) is 4.79 Å². The van der Waals surface area contributed by atoms with Crippen LogP contribution >= 0.6 is 11.8 Å². The first-order chi connectivity index (χ1) is 8.70. The molecule has 1 aliphatic rings. The molecule has 5 heteroatoms. The van der Waals surface area contributed by atoms with Crippen LogP contribution in [0.3, 0.4) is 0 Å². The molecule has 0 saturated carbocycles. The van der Waals surface area contributed by atoms with E-state index in [-0.39, 0.29) is 0 Å². The van der Waals surface area contributed by atoms with Crippen molar-refractivity contribution >= 4 is 29.1 Å². The van der Waals surface area contributed by atoms with Crippen LogP contribution in [0.15, 0.2) is 18.2 Å². The summed E-state index contributed by atoms with van der Waals surface area (Å²) >= 11 is 1.99. The second-order valence-corrected chi connectivity index (χ2v) is 5.55. The molecule has 1 fully saturated rings. The Kier molecular flexibility index (Phi) is 4.36. The van der Waals surface area contributed by atoms with Crippen molar-refractivity contribution in [2.45, 2.75) is 18.9 Å². The number of nitrogen functional groups attached to an aromatic ring is 1. The molecule has 0 atom stereocenters. The third-order valence-electron chi connectivity index (χ3n) is 3.05. The number of anilines is 2. The van der Waals surface area contributed by atoms with Gasteiger partial charge in [-0.2, -0.15) is 11.8 Å². The van der Waals surface area contributed by atoms with Crippen molar-refractivity contribution in [3.63, 3.8) is 0 Å². The zero-order valence-corrected chi connectivity index (χ0v) is 11.3. The Bertz CT molecular complexity index is 431. The molecule has 0 bridgehead atoms. The minimum Gasteiger partial charge on any atom is -0.465 e. The SMILES string of the molecule is COC(=O)c1cc(NC2CCSCC2)ccc1N. The Morgan fingerprint density at radius 2 is 2.17 bits per heavy atom. The lowest BCUT2D eigenvalue weighted by molar-refractivity contribution is 0.0602. The molecular weight excluding hydrogens is 248 g/mol. The molecule has 1 saturated heterocycles. The smallest absolute Gasteiger partial charge is 0.340 e. The molecule has 0 unspecified atom stereocenters. The molecular formula is C13H18N2O2S. The first-order valence-electron chi connectivity index (χ1n) is 6.03. The molecule has 18 heavy (non-hydrogen) atoms. The third-order valence-corrected chi connectivity index (χ3v) is 4.10. The molecule has 3 N–H and O–H groups in total. The van der Waals surface area contributed by atoms with E-state index in [1.165, 1.54) is 18.6 Å². The van der Waals surface area contributed by atoms with E-state index >= 15 is 0 Å².